The maximum Gasteiger partial charge on any atom is 0.165 e. The van der Waals surface area contributed by atoms with Crippen molar-refractivity contribution >= 4 is 5.69 Å². The van der Waals surface area contributed by atoms with Crippen molar-refractivity contribution in [1.82, 2.24) is 0 Å². The van der Waals surface area contributed by atoms with Crippen LogP contribution in [0.4, 0.5) is 5.69 Å². The zero-order valence-corrected chi connectivity index (χ0v) is 11.5. The van der Waals surface area contributed by atoms with Gasteiger partial charge in [0.25, 0.3) is 0 Å². The molecule has 0 aliphatic carbocycles. The fraction of sp³-hybridized carbons (Fsp3) is 0.571. The molecule has 0 saturated heterocycles. The predicted octanol–water partition coefficient (Wildman–Crippen LogP) is 2.10. The van der Waals surface area contributed by atoms with Crippen LogP contribution in [0.25, 0.3) is 0 Å². The summed E-state index contributed by atoms with van der Waals surface area (Å²) in [5.74, 6) is 1.49. The molecular formula is C14H22N2O2. The lowest BCUT2D eigenvalue weighted by atomic mass is 10.0. The summed E-state index contributed by atoms with van der Waals surface area (Å²) in [6.45, 7) is 8.44. The lowest BCUT2D eigenvalue weighted by Gasteiger charge is -2.26. The van der Waals surface area contributed by atoms with Crippen LogP contribution < -0.4 is 20.9 Å². The van der Waals surface area contributed by atoms with Gasteiger partial charge in [-0.3, -0.25) is 0 Å². The van der Waals surface area contributed by atoms with Crippen LogP contribution >= 0.6 is 0 Å². The minimum absolute atomic E-state index is 0.207. The first-order valence-corrected chi connectivity index (χ1v) is 6.23. The van der Waals surface area contributed by atoms with Crippen LogP contribution in [-0.4, -0.2) is 17.7 Å². The van der Waals surface area contributed by atoms with Gasteiger partial charge in [-0.15, -0.1) is 0 Å². The molecule has 0 unspecified atom stereocenters. The van der Waals surface area contributed by atoms with Crippen molar-refractivity contribution < 1.29 is 9.47 Å². The Morgan fingerprint density at radius 1 is 1.39 bits per heavy atom. The van der Waals surface area contributed by atoms with Crippen molar-refractivity contribution in [3.8, 4) is 11.5 Å². The highest BCUT2D eigenvalue weighted by Gasteiger charge is 2.34. The molecule has 0 aromatic heterocycles. The molecule has 18 heavy (non-hydrogen) atoms. The van der Waals surface area contributed by atoms with E-state index in [9.17, 15) is 0 Å². The second-order valence-electron chi connectivity index (χ2n) is 6.11. The van der Waals surface area contributed by atoms with Crippen LogP contribution in [0.1, 0.15) is 33.3 Å². The van der Waals surface area contributed by atoms with Gasteiger partial charge in [0, 0.05) is 30.3 Å². The molecule has 0 amide bonds. The number of rotatable bonds is 3. The molecule has 1 aromatic rings. The van der Waals surface area contributed by atoms with Gasteiger partial charge in [0.2, 0.25) is 0 Å². The topological polar surface area (TPSA) is 70.5 Å². The molecule has 4 nitrogen and oxygen atoms in total. The fourth-order valence-corrected chi connectivity index (χ4v) is 2.12. The Kier molecular flexibility index (Phi) is 2.93. The third kappa shape index (κ3) is 2.53. The van der Waals surface area contributed by atoms with Gasteiger partial charge < -0.3 is 20.9 Å². The molecule has 1 aliphatic heterocycles. The van der Waals surface area contributed by atoms with Crippen LogP contribution in [0.3, 0.4) is 0 Å². The Morgan fingerprint density at radius 3 is 2.67 bits per heavy atom. The van der Waals surface area contributed by atoms with E-state index in [0.717, 1.165) is 17.7 Å². The van der Waals surface area contributed by atoms with Gasteiger partial charge in [-0.1, -0.05) is 0 Å². The van der Waals surface area contributed by atoms with Gasteiger partial charge >= 0.3 is 0 Å². The number of fused-ring (bicyclic) bond motifs is 1. The Balaban J connectivity index is 2.39. The summed E-state index contributed by atoms with van der Waals surface area (Å²) in [5, 5.41) is 0. The first kappa shape index (κ1) is 13.0. The first-order valence-electron chi connectivity index (χ1n) is 6.23. The van der Waals surface area contributed by atoms with Crippen molar-refractivity contribution in [3.63, 3.8) is 0 Å². The van der Waals surface area contributed by atoms with E-state index < -0.39 is 5.60 Å². The molecule has 1 aromatic carbocycles. The summed E-state index contributed by atoms with van der Waals surface area (Å²) >= 11 is 0. The van der Waals surface area contributed by atoms with Crippen molar-refractivity contribution in [2.24, 2.45) is 5.73 Å². The molecular weight excluding hydrogens is 228 g/mol. The smallest absolute Gasteiger partial charge is 0.165 e. The molecule has 1 aliphatic rings. The first-order chi connectivity index (χ1) is 8.22. The fourth-order valence-electron chi connectivity index (χ4n) is 2.12. The van der Waals surface area contributed by atoms with E-state index in [1.54, 1.807) is 6.07 Å². The summed E-state index contributed by atoms with van der Waals surface area (Å²) in [6.07, 6.45) is 0.840. The van der Waals surface area contributed by atoms with E-state index in [4.69, 9.17) is 20.9 Å². The zero-order chi connectivity index (χ0) is 13.6. The van der Waals surface area contributed by atoms with Crippen molar-refractivity contribution in [3.05, 3.63) is 17.7 Å². The van der Waals surface area contributed by atoms with Crippen molar-refractivity contribution in [1.29, 1.82) is 0 Å². The van der Waals surface area contributed by atoms with Crippen LogP contribution in [-0.2, 0) is 6.42 Å². The number of nitrogen functional groups attached to an aromatic ring is 1. The van der Waals surface area contributed by atoms with Crippen LogP contribution in [0.5, 0.6) is 11.5 Å². The molecule has 1 heterocycles. The van der Waals surface area contributed by atoms with Crippen LogP contribution in [0.15, 0.2) is 12.1 Å². The van der Waals surface area contributed by atoms with Gasteiger partial charge in [0.05, 0.1) is 0 Å². The van der Waals surface area contributed by atoms with Gasteiger partial charge in [0.1, 0.15) is 11.2 Å². The summed E-state index contributed by atoms with van der Waals surface area (Å²) in [7, 11) is 0. The molecule has 4 heteroatoms. The number of hydrogen-bond donors (Lipinski definition) is 2. The number of ether oxygens (including phenoxy) is 2. The molecule has 4 N–H and O–H groups in total. The minimum Gasteiger partial charge on any atom is -0.483 e. The lowest BCUT2D eigenvalue weighted by molar-refractivity contribution is 0.0961. The Morgan fingerprint density at radius 2 is 2.06 bits per heavy atom. The molecule has 2 rings (SSSR count). The average Bonchev–Trinajstić information content (AvgIpc) is 2.52. The van der Waals surface area contributed by atoms with Crippen LogP contribution in [0.2, 0.25) is 0 Å². The predicted molar refractivity (Wildman–Crippen MR) is 73.0 cm³/mol. The van der Waals surface area contributed by atoms with Crippen molar-refractivity contribution in [2.45, 2.75) is 45.3 Å². The minimum atomic E-state index is -0.433. The molecule has 0 bridgehead atoms. The zero-order valence-electron chi connectivity index (χ0n) is 11.5. The van der Waals surface area contributed by atoms with Gasteiger partial charge in [-0.25, -0.2) is 0 Å². The van der Waals surface area contributed by atoms with E-state index >= 15 is 0 Å². The molecule has 0 fully saturated rings. The quantitative estimate of drug-likeness (QED) is 0.806. The average molecular weight is 250 g/mol. The molecule has 0 atom stereocenters. The number of anilines is 1. The van der Waals surface area contributed by atoms with E-state index in [2.05, 4.69) is 13.8 Å². The summed E-state index contributed by atoms with van der Waals surface area (Å²) < 4.78 is 11.9. The van der Waals surface area contributed by atoms with E-state index in [1.165, 1.54) is 0 Å². The van der Waals surface area contributed by atoms with Crippen molar-refractivity contribution in [2.75, 3.05) is 12.3 Å². The highest BCUT2D eigenvalue weighted by molar-refractivity contribution is 5.59. The summed E-state index contributed by atoms with van der Waals surface area (Å²) in [6, 6.07) is 3.75. The Bertz CT molecular complexity index is 467. The normalized spacial score (nSPS) is 17.2. The number of hydrogen-bond acceptors (Lipinski definition) is 4. The van der Waals surface area contributed by atoms with E-state index in [-0.39, 0.29) is 5.60 Å². The molecule has 100 valence electrons. The second-order valence-corrected chi connectivity index (χ2v) is 6.11. The third-order valence-electron chi connectivity index (χ3n) is 3.03. The van der Waals surface area contributed by atoms with Gasteiger partial charge in [-0.2, -0.15) is 0 Å². The standard InChI is InChI=1S/C14H22N2O2/c1-13(2)7-9-5-10(16)6-11(12(9)18-13)17-14(3,4)8-15/h5-6H,7-8,15-16H2,1-4H3. The second kappa shape index (κ2) is 4.05. The monoisotopic (exact) mass is 250 g/mol. The lowest BCUT2D eigenvalue weighted by Crippen LogP contribution is -2.37. The van der Waals surface area contributed by atoms with Gasteiger partial charge in [0.15, 0.2) is 11.5 Å². The highest BCUT2D eigenvalue weighted by Crippen LogP contribution is 2.44. The van der Waals surface area contributed by atoms with Crippen LogP contribution in [0, 0.1) is 0 Å². The summed E-state index contributed by atoms with van der Waals surface area (Å²) in [4.78, 5) is 0. The SMILES string of the molecule is CC(C)(CN)Oc1cc(N)cc2c1OC(C)(C)C2. The third-order valence-corrected chi connectivity index (χ3v) is 3.03. The maximum atomic E-state index is 5.95. The largest absolute Gasteiger partial charge is 0.483 e. The molecule has 0 saturated carbocycles. The molecule has 0 spiro atoms. The van der Waals surface area contributed by atoms with E-state index in [1.807, 2.05) is 19.9 Å². The van der Waals surface area contributed by atoms with E-state index in [0.29, 0.717) is 18.0 Å². The molecule has 0 radical (unpaired) electrons. The Labute approximate surface area is 108 Å². The highest BCUT2D eigenvalue weighted by atomic mass is 16.5. The Hall–Kier alpha value is -1.42. The number of benzene rings is 1. The van der Waals surface area contributed by atoms with Gasteiger partial charge in [-0.05, 0) is 33.8 Å². The summed E-state index contributed by atoms with van der Waals surface area (Å²) in [5.41, 5.74) is 12.8. The maximum absolute atomic E-state index is 5.95. The number of nitrogens with two attached hydrogens (primary N) is 2.